The Morgan fingerprint density at radius 2 is 2.05 bits per heavy atom. The summed E-state index contributed by atoms with van der Waals surface area (Å²) in [5.41, 5.74) is 5.01. The van der Waals surface area contributed by atoms with E-state index in [1.54, 1.807) is 0 Å². The van der Waals surface area contributed by atoms with Crippen LogP contribution in [0.3, 0.4) is 0 Å². The number of alkyl halides is 3. The van der Waals surface area contributed by atoms with E-state index in [1.807, 2.05) is 0 Å². The monoisotopic (exact) mass is 273 g/mol. The highest BCUT2D eigenvalue weighted by Crippen LogP contribution is 2.32. The van der Waals surface area contributed by atoms with E-state index in [1.165, 1.54) is 6.20 Å². The van der Waals surface area contributed by atoms with Crippen molar-refractivity contribution in [1.82, 2.24) is 4.98 Å². The van der Waals surface area contributed by atoms with Crippen LogP contribution in [0.25, 0.3) is 0 Å². The van der Waals surface area contributed by atoms with Crippen molar-refractivity contribution in [2.45, 2.75) is 25.4 Å². The van der Waals surface area contributed by atoms with Crippen LogP contribution < -0.4 is 11.1 Å². The van der Waals surface area contributed by atoms with Gasteiger partial charge in [-0.05, 0) is 43.4 Å². The number of rotatable bonds is 4. The molecule has 1 heterocycles. The summed E-state index contributed by atoms with van der Waals surface area (Å²) in [6, 6.07) is 2.02. The second-order valence-corrected chi connectivity index (χ2v) is 5.00. The second-order valence-electron chi connectivity index (χ2n) is 5.00. The summed E-state index contributed by atoms with van der Waals surface area (Å²) in [6.45, 7) is 1.28. The Hall–Kier alpha value is -1.30. The van der Waals surface area contributed by atoms with Gasteiger partial charge >= 0.3 is 6.18 Å². The predicted molar refractivity (Wildman–Crippen MR) is 67.6 cm³/mol. The van der Waals surface area contributed by atoms with E-state index in [0.717, 1.165) is 31.4 Å². The van der Waals surface area contributed by atoms with Crippen LogP contribution in [0, 0.1) is 11.8 Å². The molecule has 2 unspecified atom stereocenters. The SMILES string of the molecule is NCC1CCCC1CNc1cc(C(F)(F)F)ccn1. The van der Waals surface area contributed by atoms with Gasteiger partial charge in [-0.1, -0.05) is 6.42 Å². The predicted octanol–water partition coefficient (Wildman–Crippen LogP) is 2.89. The molecule has 106 valence electrons. The molecule has 3 N–H and O–H groups in total. The fraction of sp³-hybridized carbons (Fsp3) is 0.615. The molecule has 1 fully saturated rings. The third kappa shape index (κ3) is 3.59. The molecule has 2 rings (SSSR count). The molecule has 1 saturated carbocycles. The van der Waals surface area contributed by atoms with Gasteiger partial charge in [0.2, 0.25) is 0 Å². The quantitative estimate of drug-likeness (QED) is 0.887. The first-order valence-electron chi connectivity index (χ1n) is 6.48. The summed E-state index contributed by atoms with van der Waals surface area (Å²) >= 11 is 0. The Morgan fingerprint density at radius 3 is 2.74 bits per heavy atom. The van der Waals surface area contributed by atoms with Gasteiger partial charge in [-0.15, -0.1) is 0 Å². The lowest BCUT2D eigenvalue weighted by atomic mass is 9.96. The maximum Gasteiger partial charge on any atom is 0.416 e. The van der Waals surface area contributed by atoms with Crippen molar-refractivity contribution in [3.8, 4) is 0 Å². The maximum atomic E-state index is 12.6. The number of anilines is 1. The number of aromatic nitrogens is 1. The lowest BCUT2D eigenvalue weighted by molar-refractivity contribution is -0.137. The minimum atomic E-state index is -4.33. The maximum absolute atomic E-state index is 12.6. The van der Waals surface area contributed by atoms with Gasteiger partial charge in [0.25, 0.3) is 0 Å². The van der Waals surface area contributed by atoms with Crippen LogP contribution in [-0.2, 0) is 6.18 Å². The fourth-order valence-electron chi connectivity index (χ4n) is 2.63. The Balaban J connectivity index is 1.96. The molecule has 0 amide bonds. The van der Waals surface area contributed by atoms with Crippen LogP contribution in [0.15, 0.2) is 18.3 Å². The molecular formula is C13H18F3N3. The van der Waals surface area contributed by atoms with E-state index in [0.29, 0.717) is 24.9 Å². The summed E-state index contributed by atoms with van der Waals surface area (Å²) in [5, 5.41) is 3.00. The number of nitrogens with zero attached hydrogens (tertiary/aromatic N) is 1. The number of nitrogens with one attached hydrogen (secondary N) is 1. The zero-order valence-corrected chi connectivity index (χ0v) is 10.6. The van der Waals surface area contributed by atoms with Crippen molar-refractivity contribution in [2.24, 2.45) is 17.6 Å². The molecule has 0 aromatic carbocycles. The minimum Gasteiger partial charge on any atom is -0.370 e. The van der Waals surface area contributed by atoms with E-state index < -0.39 is 11.7 Å². The Kier molecular flexibility index (Phi) is 4.29. The van der Waals surface area contributed by atoms with Crippen LogP contribution >= 0.6 is 0 Å². The van der Waals surface area contributed by atoms with Gasteiger partial charge < -0.3 is 11.1 Å². The minimum absolute atomic E-state index is 0.275. The van der Waals surface area contributed by atoms with Crippen LogP contribution in [0.1, 0.15) is 24.8 Å². The molecule has 0 bridgehead atoms. The number of halogens is 3. The van der Waals surface area contributed by atoms with E-state index in [2.05, 4.69) is 10.3 Å². The first-order valence-corrected chi connectivity index (χ1v) is 6.48. The summed E-state index contributed by atoms with van der Waals surface area (Å²) in [6.07, 6.45) is 0.184. The average molecular weight is 273 g/mol. The molecule has 0 aliphatic heterocycles. The fourth-order valence-corrected chi connectivity index (χ4v) is 2.63. The average Bonchev–Trinajstić information content (AvgIpc) is 2.83. The largest absolute Gasteiger partial charge is 0.416 e. The van der Waals surface area contributed by atoms with Crippen molar-refractivity contribution in [1.29, 1.82) is 0 Å². The van der Waals surface area contributed by atoms with Crippen molar-refractivity contribution in [2.75, 3.05) is 18.4 Å². The van der Waals surface area contributed by atoms with Crippen LogP contribution in [-0.4, -0.2) is 18.1 Å². The lowest BCUT2D eigenvalue weighted by Gasteiger charge is -2.18. The molecule has 1 aliphatic rings. The lowest BCUT2D eigenvalue weighted by Crippen LogP contribution is -2.24. The molecular weight excluding hydrogens is 255 g/mol. The first kappa shape index (κ1) is 14.1. The zero-order chi connectivity index (χ0) is 13.9. The van der Waals surface area contributed by atoms with Crippen molar-refractivity contribution >= 4 is 5.82 Å². The highest BCUT2D eigenvalue weighted by Gasteiger charge is 2.31. The Bertz CT molecular complexity index is 420. The van der Waals surface area contributed by atoms with Crippen LogP contribution in [0.5, 0.6) is 0 Å². The van der Waals surface area contributed by atoms with E-state index in [4.69, 9.17) is 5.73 Å². The van der Waals surface area contributed by atoms with Gasteiger partial charge in [0, 0.05) is 12.7 Å². The van der Waals surface area contributed by atoms with E-state index >= 15 is 0 Å². The highest BCUT2D eigenvalue weighted by molar-refractivity contribution is 5.38. The number of nitrogens with two attached hydrogens (primary N) is 1. The van der Waals surface area contributed by atoms with Gasteiger partial charge in [-0.2, -0.15) is 13.2 Å². The number of hydrogen-bond donors (Lipinski definition) is 2. The number of hydrogen-bond acceptors (Lipinski definition) is 3. The van der Waals surface area contributed by atoms with Gasteiger partial charge in [0.1, 0.15) is 5.82 Å². The molecule has 6 heteroatoms. The smallest absolute Gasteiger partial charge is 0.370 e. The molecule has 1 aromatic heterocycles. The molecule has 1 aromatic rings. The summed E-state index contributed by atoms with van der Waals surface area (Å²) < 4.78 is 37.7. The number of pyridine rings is 1. The third-order valence-corrected chi connectivity index (χ3v) is 3.75. The Morgan fingerprint density at radius 1 is 1.32 bits per heavy atom. The van der Waals surface area contributed by atoms with Gasteiger partial charge in [-0.25, -0.2) is 4.98 Å². The third-order valence-electron chi connectivity index (χ3n) is 3.75. The molecule has 2 atom stereocenters. The summed E-state index contributed by atoms with van der Waals surface area (Å²) in [5.74, 6) is 1.18. The van der Waals surface area contributed by atoms with Crippen molar-refractivity contribution in [3.05, 3.63) is 23.9 Å². The molecule has 19 heavy (non-hydrogen) atoms. The van der Waals surface area contributed by atoms with Crippen LogP contribution in [0.2, 0.25) is 0 Å². The second kappa shape index (κ2) is 5.77. The van der Waals surface area contributed by atoms with Gasteiger partial charge in [-0.3, -0.25) is 0 Å². The van der Waals surface area contributed by atoms with Gasteiger partial charge in [0.05, 0.1) is 5.56 Å². The standard InChI is InChI=1S/C13H18F3N3/c14-13(15,16)11-4-5-18-12(6-11)19-8-10-3-1-2-9(10)7-17/h4-6,9-10H,1-3,7-8,17H2,(H,18,19). The van der Waals surface area contributed by atoms with Crippen molar-refractivity contribution in [3.63, 3.8) is 0 Å². The normalized spacial score (nSPS) is 23.6. The highest BCUT2D eigenvalue weighted by atomic mass is 19.4. The molecule has 0 saturated heterocycles. The summed E-state index contributed by atoms with van der Waals surface area (Å²) in [4.78, 5) is 3.92. The molecule has 3 nitrogen and oxygen atoms in total. The molecule has 1 aliphatic carbocycles. The van der Waals surface area contributed by atoms with E-state index in [9.17, 15) is 13.2 Å². The van der Waals surface area contributed by atoms with Gasteiger partial charge in [0.15, 0.2) is 0 Å². The Labute approximate surface area is 110 Å². The first-order chi connectivity index (χ1) is 9.00. The summed E-state index contributed by atoms with van der Waals surface area (Å²) in [7, 11) is 0. The molecule has 0 spiro atoms. The molecule has 0 radical (unpaired) electrons. The van der Waals surface area contributed by atoms with Crippen LogP contribution in [0.4, 0.5) is 19.0 Å². The van der Waals surface area contributed by atoms with E-state index in [-0.39, 0.29) is 5.82 Å². The topological polar surface area (TPSA) is 50.9 Å². The zero-order valence-electron chi connectivity index (χ0n) is 10.6. The van der Waals surface area contributed by atoms with Crippen molar-refractivity contribution < 1.29 is 13.2 Å².